The minimum absolute atomic E-state index is 0.134. The van der Waals surface area contributed by atoms with Gasteiger partial charge >= 0.3 is 22.7 Å². The lowest BCUT2D eigenvalue weighted by atomic mass is 9.84. The molecule has 2 N–H and O–H groups in total. The zero-order valence-electron chi connectivity index (χ0n) is 15.6. The second kappa shape index (κ2) is 12.1. The van der Waals surface area contributed by atoms with Crippen LogP contribution in [0.2, 0.25) is 0 Å². The van der Waals surface area contributed by atoms with Crippen LogP contribution in [0.1, 0.15) is 34.1 Å². The molecule has 0 fully saturated rings. The SMILES string of the molecule is O=C(C(CF)c1ccc(COS(=O)O)cc1)C(CF)c1ccc(COS(=O)O)cc1. The van der Waals surface area contributed by atoms with Crippen molar-refractivity contribution in [2.45, 2.75) is 25.0 Å². The van der Waals surface area contributed by atoms with Crippen LogP contribution in [0.15, 0.2) is 48.5 Å². The van der Waals surface area contributed by atoms with Crippen molar-refractivity contribution in [1.29, 1.82) is 0 Å². The molecule has 11 heteroatoms. The van der Waals surface area contributed by atoms with Crippen LogP contribution >= 0.6 is 0 Å². The Labute approximate surface area is 177 Å². The van der Waals surface area contributed by atoms with Crippen LogP contribution in [0.3, 0.4) is 0 Å². The van der Waals surface area contributed by atoms with Crippen LogP contribution in [0.25, 0.3) is 0 Å². The van der Waals surface area contributed by atoms with E-state index in [1.807, 2.05) is 0 Å². The molecule has 0 amide bonds. The average molecular weight is 462 g/mol. The van der Waals surface area contributed by atoms with Gasteiger partial charge in [0.25, 0.3) is 0 Å². The van der Waals surface area contributed by atoms with Crippen molar-refractivity contribution in [2.75, 3.05) is 13.3 Å². The quantitative estimate of drug-likeness (QED) is 0.466. The van der Waals surface area contributed by atoms with E-state index in [4.69, 9.17) is 9.11 Å². The number of alkyl halides is 2. The molecule has 0 bridgehead atoms. The van der Waals surface area contributed by atoms with Gasteiger partial charge in [0.15, 0.2) is 5.78 Å². The fraction of sp³-hybridized carbons (Fsp3) is 0.316. The van der Waals surface area contributed by atoms with E-state index in [2.05, 4.69) is 8.37 Å². The number of rotatable bonds is 12. The molecular weight excluding hydrogens is 442 g/mol. The molecule has 0 saturated heterocycles. The number of carbonyl (C=O) groups is 1. The van der Waals surface area contributed by atoms with Gasteiger partial charge in [-0.25, -0.2) is 8.78 Å². The monoisotopic (exact) mass is 462 g/mol. The molecule has 4 unspecified atom stereocenters. The summed E-state index contributed by atoms with van der Waals surface area (Å²) in [5, 5.41) is 0. The van der Waals surface area contributed by atoms with Crippen molar-refractivity contribution in [1.82, 2.24) is 0 Å². The van der Waals surface area contributed by atoms with E-state index in [1.54, 1.807) is 0 Å². The lowest BCUT2D eigenvalue weighted by Crippen LogP contribution is -2.24. The highest BCUT2D eigenvalue weighted by Crippen LogP contribution is 2.28. The fourth-order valence-corrected chi connectivity index (χ4v) is 3.30. The molecule has 0 aliphatic carbocycles. The largest absolute Gasteiger partial charge is 0.302 e. The molecule has 0 radical (unpaired) electrons. The molecule has 0 spiro atoms. The molecule has 2 aromatic rings. The Kier molecular flexibility index (Phi) is 9.82. The molecule has 0 aliphatic rings. The first-order valence-electron chi connectivity index (χ1n) is 8.67. The molecule has 7 nitrogen and oxygen atoms in total. The average Bonchev–Trinajstić information content (AvgIpc) is 2.73. The Morgan fingerprint density at radius 2 is 1.10 bits per heavy atom. The topological polar surface area (TPSA) is 110 Å². The van der Waals surface area contributed by atoms with E-state index in [0.29, 0.717) is 22.3 Å². The maximum absolute atomic E-state index is 13.7. The number of hydrogen-bond donors (Lipinski definition) is 2. The molecule has 0 aliphatic heterocycles. The second-order valence-corrected chi connectivity index (χ2v) is 7.60. The number of halogens is 2. The van der Waals surface area contributed by atoms with Crippen molar-refractivity contribution in [3.05, 3.63) is 70.8 Å². The second-order valence-electron chi connectivity index (χ2n) is 6.26. The van der Waals surface area contributed by atoms with Crippen molar-refractivity contribution in [3.63, 3.8) is 0 Å². The number of ketones is 1. The van der Waals surface area contributed by atoms with Crippen LogP contribution in [0, 0.1) is 0 Å². The van der Waals surface area contributed by atoms with Crippen molar-refractivity contribution >= 4 is 28.5 Å². The van der Waals surface area contributed by atoms with Gasteiger partial charge in [0, 0.05) is 0 Å². The first-order valence-corrected chi connectivity index (χ1v) is 10.7. The fourth-order valence-electron chi connectivity index (χ4n) is 2.83. The first kappa shape index (κ1) is 24.4. The zero-order chi connectivity index (χ0) is 22.1. The third-order valence-corrected chi connectivity index (χ3v) is 5.05. The molecule has 0 aromatic heterocycles. The third kappa shape index (κ3) is 7.11. The molecule has 0 heterocycles. The number of carbonyl (C=O) groups excluding carboxylic acids is 1. The predicted octanol–water partition coefficient (Wildman–Crippen LogP) is 3.37. The van der Waals surface area contributed by atoms with Crippen LogP contribution in [0.4, 0.5) is 8.78 Å². The molecule has 4 atom stereocenters. The van der Waals surface area contributed by atoms with Crippen molar-refractivity contribution < 1.29 is 39.5 Å². The molecular formula is C19H20F2O7S2. The van der Waals surface area contributed by atoms with E-state index < -0.39 is 53.7 Å². The highest BCUT2D eigenvalue weighted by atomic mass is 32.2. The lowest BCUT2D eigenvalue weighted by molar-refractivity contribution is -0.122. The molecule has 2 rings (SSSR count). The summed E-state index contributed by atoms with van der Waals surface area (Å²) in [6.45, 7) is -2.30. The summed E-state index contributed by atoms with van der Waals surface area (Å²) in [6.07, 6.45) is 0. The normalized spacial score (nSPS) is 15.3. The predicted molar refractivity (Wildman–Crippen MR) is 106 cm³/mol. The highest BCUT2D eigenvalue weighted by Gasteiger charge is 2.29. The van der Waals surface area contributed by atoms with Gasteiger partial charge in [-0.15, -0.1) is 0 Å². The van der Waals surface area contributed by atoms with E-state index in [-0.39, 0.29) is 13.2 Å². The van der Waals surface area contributed by atoms with Crippen LogP contribution in [0.5, 0.6) is 0 Å². The molecule has 164 valence electrons. The maximum Gasteiger partial charge on any atom is 0.302 e. The number of hydrogen-bond acceptors (Lipinski definition) is 5. The lowest BCUT2D eigenvalue weighted by Gasteiger charge is -2.19. The van der Waals surface area contributed by atoms with Crippen LogP contribution in [-0.2, 0) is 49.1 Å². The highest BCUT2D eigenvalue weighted by molar-refractivity contribution is 7.74. The summed E-state index contributed by atoms with van der Waals surface area (Å²) in [6, 6.07) is 12.1. The smallest absolute Gasteiger partial charge is 0.298 e. The van der Waals surface area contributed by atoms with E-state index >= 15 is 0 Å². The van der Waals surface area contributed by atoms with E-state index in [1.165, 1.54) is 48.5 Å². The standard InChI is InChI=1S/C19H20F2O7S2/c20-9-17(15-5-1-13(2-6-15)11-27-29(23)24)19(22)18(10-21)16-7-3-14(4-8-16)12-28-30(25)26/h1-8,17-18H,9-12H2,(H,23,24)(H,25,26). The first-order chi connectivity index (χ1) is 14.3. The summed E-state index contributed by atoms with van der Waals surface area (Å²) in [5.41, 5.74) is 1.81. The van der Waals surface area contributed by atoms with Gasteiger partial charge in [-0.2, -0.15) is 8.42 Å². The van der Waals surface area contributed by atoms with Crippen molar-refractivity contribution in [3.8, 4) is 0 Å². The van der Waals surface area contributed by atoms with Gasteiger partial charge in [0.2, 0.25) is 0 Å². The molecule has 30 heavy (non-hydrogen) atoms. The molecule has 2 aromatic carbocycles. The Bertz CT molecular complexity index is 804. The minimum atomic E-state index is -2.41. The van der Waals surface area contributed by atoms with Crippen LogP contribution < -0.4 is 0 Å². The summed E-state index contributed by atoms with van der Waals surface area (Å²) in [5.74, 6) is -2.97. The molecule has 0 saturated carbocycles. The minimum Gasteiger partial charge on any atom is -0.298 e. The third-order valence-electron chi connectivity index (χ3n) is 4.41. The van der Waals surface area contributed by atoms with Gasteiger partial charge in [-0.05, 0) is 22.3 Å². The van der Waals surface area contributed by atoms with E-state index in [0.717, 1.165) is 0 Å². The Morgan fingerprint density at radius 3 is 1.37 bits per heavy atom. The van der Waals surface area contributed by atoms with Gasteiger partial charge in [-0.1, -0.05) is 48.5 Å². The van der Waals surface area contributed by atoms with Gasteiger partial charge < -0.3 is 0 Å². The van der Waals surface area contributed by atoms with Crippen molar-refractivity contribution in [2.24, 2.45) is 0 Å². The van der Waals surface area contributed by atoms with E-state index in [9.17, 15) is 22.0 Å². The maximum atomic E-state index is 13.7. The zero-order valence-corrected chi connectivity index (χ0v) is 17.2. The summed E-state index contributed by atoms with van der Waals surface area (Å²) in [7, 11) is 0. The Morgan fingerprint density at radius 1 is 0.767 bits per heavy atom. The Hall–Kier alpha value is -1.89. The van der Waals surface area contributed by atoms with Gasteiger partial charge in [0.1, 0.15) is 13.3 Å². The summed E-state index contributed by atoms with van der Waals surface area (Å²) < 4.78 is 74.8. The van der Waals surface area contributed by atoms with Gasteiger partial charge in [0.05, 0.1) is 25.0 Å². The van der Waals surface area contributed by atoms with Crippen LogP contribution in [-0.4, -0.2) is 36.7 Å². The van der Waals surface area contributed by atoms with Gasteiger partial charge in [-0.3, -0.25) is 22.3 Å². The summed E-state index contributed by atoms with van der Waals surface area (Å²) in [4.78, 5) is 12.8. The number of Topliss-reactive ketones (excluding diaryl/α,β-unsaturated/α-hetero) is 1. The summed E-state index contributed by atoms with van der Waals surface area (Å²) >= 11 is -4.83. The Balaban J connectivity index is 2.13. The number of benzene rings is 2.